The van der Waals surface area contributed by atoms with Gasteiger partial charge in [-0.05, 0) is 31.2 Å². The van der Waals surface area contributed by atoms with Crippen molar-refractivity contribution in [3.05, 3.63) is 17.7 Å². The van der Waals surface area contributed by atoms with Crippen molar-refractivity contribution in [1.82, 2.24) is 4.90 Å². The summed E-state index contributed by atoms with van der Waals surface area (Å²) in [5, 5.41) is 2.85. The predicted molar refractivity (Wildman–Crippen MR) is 107 cm³/mol. The van der Waals surface area contributed by atoms with E-state index in [1.807, 2.05) is 4.90 Å². The SMILES string of the molecule is CC(=O)c1cc2c(cc1NC(=O)[C@@H]1CC(=O)N([C@H]3CCC[C@H](C)[C@H]3C)C1)OCO2. The molecule has 4 atom stereocenters. The lowest BCUT2D eigenvalue weighted by Gasteiger charge is -2.40. The van der Waals surface area contributed by atoms with Crippen LogP contribution in [-0.4, -0.2) is 41.9 Å². The monoisotopic (exact) mass is 400 g/mol. The van der Waals surface area contributed by atoms with E-state index in [2.05, 4.69) is 19.2 Å². The largest absolute Gasteiger partial charge is 0.454 e. The van der Waals surface area contributed by atoms with E-state index in [4.69, 9.17) is 9.47 Å². The number of carbonyl (C=O) groups is 3. The van der Waals surface area contributed by atoms with E-state index in [9.17, 15) is 14.4 Å². The molecule has 2 heterocycles. The number of anilines is 1. The number of amides is 2. The van der Waals surface area contributed by atoms with Crippen LogP contribution in [0.15, 0.2) is 12.1 Å². The van der Waals surface area contributed by atoms with Crippen molar-refractivity contribution >= 4 is 23.3 Å². The molecule has 1 aliphatic carbocycles. The summed E-state index contributed by atoms with van der Waals surface area (Å²) in [6.45, 7) is 6.42. The number of nitrogens with one attached hydrogen (secondary N) is 1. The number of benzene rings is 1. The van der Waals surface area contributed by atoms with Gasteiger partial charge in [0.2, 0.25) is 18.6 Å². The van der Waals surface area contributed by atoms with E-state index < -0.39 is 5.92 Å². The Kier molecular flexibility index (Phi) is 5.23. The molecule has 7 nitrogen and oxygen atoms in total. The van der Waals surface area contributed by atoms with Crippen molar-refractivity contribution in [2.75, 3.05) is 18.7 Å². The van der Waals surface area contributed by atoms with Crippen molar-refractivity contribution in [2.24, 2.45) is 17.8 Å². The maximum Gasteiger partial charge on any atom is 0.231 e. The van der Waals surface area contributed by atoms with Gasteiger partial charge in [-0.25, -0.2) is 0 Å². The van der Waals surface area contributed by atoms with E-state index in [1.165, 1.54) is 13.3 Å². The Bertz CT molecular complexity index is 852. The van der Waals surface area contributed by atoms with E-state index in [1.54, 1.807) is 12.1 Å². The van der Waals surface area contributed by atoms with Gasteiger partial charge in [-0.3, -0.25) is 14.4 Å². The molecule has 7 heteroatoms. The average molecular weight is 400 g/mol. The smallest absolute Gasteiger partial charge is 0.231 e. The highest BCUT2D eigenvalue weighted by atomic mass is 16.7. The van der Waals surface area contributed by atoms with Crippen LogP contribution in [0.5, 0.6) is 11.5 Å². The summed E-state index contributed by atoms with van der Waals surface area (Å²) in [6, 6.07) is 3.43. The van der Waals surface area contributed by atoms with Gasteiger partial charge in [0.15, 0.2) is 17.3 Å². The number of hydrogen-bond acceptors (Lipinski definition) is 5. The summed E-state index contributed by atoms with van der Waals surface area (Å²) < 4.78 is 10.7. The summed E-state index contributed by atoms with van der Waals surface area (Å²) in [4.78, 5) is 39.6. The first-order chi connectivity index (χ1) is 13.8. The third kappa shape index (κ3) is 3.70. The highest BCUT2D eigenvalue weighted by Gasteiger charge is 2.41. The molecule has 2 fully saturated rings. The van der Waals surface area contributed by atoms with E-state index in [-0.39, 0.29) is 36.9 Å². The zero-order valence-corrected chi connectivity index (χ0v) is 17.2. The minimum absolute atomic E-state index is 0.0496. The maximum absolute atomic E-state index is 12.9. The van der Waals surface area contributed by atoms with Gasteiger partial charge < -0.3 is 19.7 Å². The Morgan fingerprint density at radius 1 is 1.14 bits per heavy atom. The molecule has 0 radical (unpaired) electrons. The molecule has 2 aliphatic heterocycles. The third-order valence-corrected chi connectivity index (χ3v) is 6.74. The molecular weight excluding hydrogens is 372 g/mol. The molecule has 0 unspecified atom stereocenters. The molecule has 1 aromatic carbocycles. The van der Waals surface area contributed by atoms with Crippen LogP contribution < -0.4 is 14.8 Å². The van der Waals surface area contributed by atoms with Crippen molar-refractivity contribution < 1.29 is 23.9 Å². The zero-order valence-electron chi connectivity index (χ0n) is 17.2. The molecule has 1 N–H and O–H groups in total. The van der Waals surface area contributed by atoms with Gasteiger partial charge in [0, 0.05) is 30.6 Å². The highest BCUT2D eigenvalue weighted by Crippen LogP contribution is 2.38. The number of Topliss-reactive ketones (excluding diaryl/α,β-unsaturated/α-hetero) is 1. The van der Waals surface area contributed by atoms with Crippen LogP contribution in [0.4, 0.5) is 5.69 Å². The first-order valence-electron chi connectivity index (χ1n) is 10.4. The van der Waals surface area contributed by atoms with Crippen molar-refractivity contribution in [1.29, 1.82) is 0 Å². The molecule has 4 rings (SSSR count). The van der Waals surface area contributed by atoms with E-state index >= 15 is 0 Å². The van der Waals surface area contributed by atoms with Gasteiger partial charge in [0.25, 0.3) is 0 Å². The standard InChI is InChI=1S/C22H28N2O5/c1-12-5-4-6-18(13(12)2)24-10-15(7-21(24)26)22(27)23-17-9-20-19(28-11-29-20)8-16(17)14(3)25/h8-9,12-13,15,18H,4-7,10-11H2,1-3H3,(H,23,27)/t12-,13+,15+,18-/m0/s1. The number of fused-ring (bicyclic) bond motifs is 1. The lowest BCUT2D eigenvalue weighted by molar-refractivity contribution is -0.131. The van der Waals surface area contributed by atoms with Crippen LogP contribution in [0.1, 0.15) is 56.8 Å². The summed E-state index contributed by atoms with van der Waals surface area (Å²) in [7, 11) is 0. The van der Waals surface area contributed by atoms with Gasteiger partial charge in [0.05, 0.1) is 11.6 Å². The Morgan fingerprint density at radius 2 is 1.86 bits per heavy atom. The Labute approximate surface area is 170 Å². The van der Waals surface area contributed by atoms with Gasteiger partial charge >= 0.3 is 0 Å². The zero-order chi connectivity index (χ0) is 20.7. The van der Waals surface area contributed by atoms with Gasteiger partial charge in [-0.1, -0.05) is 26.7 Å². The lowest BCUT2D eigenvalue weighted by Crippen LogP contribution is -2.45. The minimum Gasteiger partial charge on any atom is -0.454 e. The molecule has 0 aromatic heterocycles. The number of carbonyl (C=O) groups excluding carboxylic acids is 3. The molecule has 1 saturated heterocycles. The summed E-state index contributed by atoms with van der Waals surface area (Å²) in [6.07, 6.45) is 3.53. The molecule has 0 spiro atoms. The normalized spacial score (nSPS) is 28.5. The van der Waals surface area contributed by atoms with Crippen LogP contribution in [-0.2, 0) is 9.59 Å². The number of nitrogens with zero attached hydrogens (tertiary/aromatic N) is 1. The average Bonchev–Trinajstić information content (AvgIpc) is 3.29. The fourth-order valence-electron chi connectivity index (χ4n) is 4.79. The number of hydrogen-bond donors (Lipinski definition) is 1. The summed E-state index contributed by atoms with van der Waals surface area (Å²) in [5.41, 5.74) is 0.774. The van der Waals surface area contributed by atoms with Crippen LogP contribution >= 0.6 is 0 Å². The fourth-order valence-corrected chi connectivity index (χ4v) is 4.79. The number of ether oxygens (including phenoxy) is 2. The third-order valence-electron chi connectivity index (χ3n) is 6.74. The molecule has 1 aromatic rings. The summed E-state index contributed by atoms with van der Waals surface area (Å²) >= 11 is 0. The second-order valence-electron chi connectivity index (χ2n) is 8.58. The lowest BCUT2D eigenvalue weighted by atomic mass is 9.77. The van der Waals surface area contributed by atoms with Gasteiger partial charge in [0.1, 0.15) is 0 Å². The topological polar surface area (TPSA) is 84.9 Å². The Morgan fingerprint density at radius 3 is 2.59 bits per heavy atom. The van der Waals surface area contributed by atoms with Crippen molar-refractivity contribution in [3.8, 4) is 11.5 Å². The maximum atomic E-state index is 12.9. The van der Waals surface area contributed by atoms with Crippen LogP contribution in [0.25, 0.3) is 0 Å². The molecule has 1 saturated carbocycles. The fraction of sp³-hybridized carbons (Fsp3) is 0.591. The number of ketones is 1. The predicted octanol–water partition coefficient (Wildman–Crippen LogP) is 3.23. The first-order valence-corrected chi connectivity index (χ1v) is 10.4. The van der Waals surface area contributed by atoms with Gasteiger partial charge in [-0.15, -0.1) is 0 Å². The molecule has 2 amide bonds. The van der Waals surface area contributed by atoms with Gasteiger partial charge in [-0.2, -0.15) is 0 Å². The molecule has 3 aliphatic rings. The molecule has 29 heavy (non-hydrogen) atoms. The van der Waals surface area contributed by atoms with Crippen molar-refractivity contribution in [3.63, 3.8) is 0 Å². The Balaban J connectivity index is 1.49. The van der Waals surface area contributed by atoms with Crippen LogP contribution in [0, 0.1) is 17.8 Å². The molecular formula is C22H28N2O5. The van der Waals surface area contributed by atoms with Crippen LogP contribution in [0.2, 0.25) is 0 Å². The second kappa shape index (κ2) is 7.69. The van der Waals surface area contributed by atoms with E-state index in [0.29, 0.717) is 41.1 Å². The first kappa shape index (κ1) is 19.7. The Hall–Kier alpha value is -2.57. The molecule has 0 bridgehead atoms. The highest BCUT2D eigenvalue weighted by molar-refractivity contribution is 6.06. The minimum atomic E-state index is -0.419. The number of rotatable bonds is 4. The summed E-state index contributed by atoms with van der Waals surface area (Å²) in [5.74, 6) is 1.24. The quantitative estimate of drug-likeness (QED) is 0.785. The van der Waals surface area contributed by atoms with Crippen molar-refractivity contribution in [2.45, 2.75) is 52.5 Å². The van der Waals surface area contributed by atoms with E-state index in [0.717, 1.165) is 12.8 Å². The second-order valence-corrected chi connectivity index (χ2v) is 8.58. The van der Waals surface area contributed by atoms with Crippen LogP contribution in [0.3, 0.4) is 0 Å². The number of likely N-dealkylation sites (tertiary alicyclic amines) is 1. The molecule has 156 valence electrons.